The van der Waals surface area contributed by atoms with Crippen molar-refractivity contribution < 1.29 is 27.5 Å². The summed E-state index contributed by atoms with van der Waals surface area (Å²) in [7, 11) is 0. The van der Waals surface area contributed by atoms with Crippen molar-refractivity contribution in [2.24, 2.45) is 11.8 Å². The van der Waals surface area contributed by atoms with Gasteiger partial charge in [-0.1, -0.05) is 34.4 Å². The second kappa shape index (κ2) is 8.16. The van der Waals surface area contributed by atoms with Crippen LogP contribution in [0.1, 0.15) is 55.8 Å². The van der Waals surface area contributed by atoms with E-state index < -0.39 is 17.8 Å². The Labute approximate surface area is 200 Å². The van der Waals surface area contributed by atoms with Gasteiger partial charge in [0.05, 0.1) is 29.9 Å². The quantitative estimate of drug-likeness (QED) is 0.447. The van der Waals surface area contributed by atoms with Crippen molar-refractivity contribution in [1.82, 2.24) is 5.16 Å². The van der Waals surface area contributed by atoms with Crippen molar-refractivity contribution in [1.29, 1.82) is 0 Å². The van der Waals surface area contributed by atoms with Gasteiger partial charge in [0.1, 0.15) is 17.1 Å². The van der Waals surface area contributed by atoms with Gasteiger partial charge in [0.15, 0.2) is 5.79 Å². The minimum Gasteiger partial charge on any atom is -0.364 e. The van der Waals surface area contributed by atoms with Gasteiger partial charge in [-0.3, -0.25) is 0 Å². The summed E-state index contributed by atoms with van der Waals surface area (Å²) in [6, 6.07) is 5.19. The van der Waals surface area contributed by atoms with Crippen LogP contribution in [0.15, 0.2) is 22.7 Å². The monoisotopic (exact) mass is 499 g/mol. The summed E-state index contributed by atoms with van der Waals surface area (Å²) < 4.78 is 53.0. The number of hydrogen-bond acceptors (Lipinski definition) is 5. The van der Waals surface area contributed by atoms with Crippen molar-refractivity contribution in [2.45, 2.75) is 68.9 Å². The molecule has 2 aromatic rings. The van der Waals surface area contributed by atoms with Gasteiger partial charge in [0, 0.05) is 28.9 Å². The molecular weight excluding hydrogens is 475 g/mol. The summed E-state index contributed by atoms with van der Waals surface area (Å²) >= 11 is 12.9. The Hall–Kier alpha value is -1.25. The van der Waals surface area contributed by atoms with E-state index in [2.05, 4.69) is 5.16 Å². The summed E-state index contributed by atoms with van der Waals surface area (Å²) in [6.07, 6.45) is 1.34. The maximum Gasteiger partial charge on any atom is 0.267 e. The molecule has 0 amide bonds. The van der Waals surface area contributed by atoms with E-state index in [9.17, 15) is 8.78 Å². The Morgan fingerprint density at radius 1 is 1.03 bits per heavy atom. The van der Waals surface area contributed by atoms with E-state index in [0.717, 1.165) is 25.7 Å². The van der Waals surface area contributed by atoms with Gasteiger partial charge in [-0.05, 0) is 50.7 Å². The fourth-order valence-electron chi connectivity index (χ4n) is 6.08. The van der Waals surface area contributed by atoms with Crippen LogP contribution in [-0.4, -0.2) is 36.2 Å². The number of ether oxygens (including phenoxy) is 3. The number of halogens is 4. The van der Waals surface area contributed by atoms with Crippen molar-refractivity contribution in [2.75, 3.05) is 13.2 Å². The standard InChI is InChI=1S/C24H25Cl2F2NO4/c25-17-2-1-3-18(26)19(17)20-16(21(33-29-20)13-4-5-13)12-32-23(22(27)28)10-14-6-7-15(11-23)24(14)30-8-9-31-24/h1-3,13-15,22H,4-12H2/t14-,15+,23?. The fraction of sp³-hybridized carbons (Fsp3) is 0.625. The van der Waals surface area contributed by atoms with Crippen LogP contribution in [0.25, 0.3) is 11.3 Å². The summed E-state index contributed by atoms with van der Waals surface area (Å²) in [5, 5.41) is 5.10. The molecule has 178 valence electrons. The summed E-state index contributed by atoms with van der Waals surface area (Å²) in [5.74, 6) is -0.0111. The van der Waals surface area contributed by atoms with Crippen LogP contribution in [0, 0.1) is 11.8 Å². The highest BCUT2D eigenvalue weighted by atomic mass is 35.5. The second-order valence-corrected chi connectivity index (χ2v) is 10.5. The highest BCUT2D eigenvalue weighted by Crippen LogP contribution is 2.59. The molecule has 1 spiro atoms. The Kier molecular flexibility index (Phi) is 5.50. The zero-order valence-corrected chi connectivity index (χ0v) is 19.5. The lowest BCUT2D eigenvalue weighted by Gasteiger charge is -2.47. The van der Waals surface area contributed by atoms with Gasteiger partial charge in [-0.15, -0.1) is 0 Å². The molecule has 9 heteroatoms. The van der Waals surface area contributed by atoms with E-state index in [-0.39, 0.29) is 37.2 Å². The smallest absolute Gasteiger partial charge is 0.267 e. The van der Waals surface area contributed by atoms with Crippen LogP contribution >= 0.6 is 23.2 Å². The SMILES string of the molecule is FC(F)C1(OCc2c(-c3c(Cl)cccc3Cl)noc2C2CC2)C[C@H]2CC[C@@H](C1)C21OCCO1. The predicted molar refractivity (Wildman–Crippen MR) is 118 cm³/mol. The van der Waals surface area contributed by atoms with Gasteiger partial charge in [0.2, 0.25) is 0 Å². The van der Waals surface area contributed by atoms with Crippen molar-refractivity contribution in [3.8, 4) is 11.3 Å². The molecule has 1 unspecified atom stereocenters. The molecule has 3 saturated carbocycles. The average Bonchev–Trinajstić information content (AvgIpc) is 3.32. The zero-order valence-electron chi connectivity index (χ0n) is 18.0. The molecule has 0 radical (unpaired) electrons. The topological polar surface area (TPSA) is 53.7 Å². The first kappa shape index (κ1) is 22.2. The normalized spacial score (nSPS) is 30.6. The van der Waals surface area contributed by atoms with Gasteiger partial charge in [-0.25, -0.2) is 8.78 Å². The largest absolute Gasteiger partial charge is 0.364 e. The lowest BCUT2D eigenvalue weighted by atomic mass is 9.73. The number of benzene rings is 1. The number of hydrogen-bond donors (Lipinski definition) is 0. The number of rotatable bonds is 6. The molecule has 3 aliphatic carbocycles. The molecule has 1 aromatic carbocycles. The van der Waals surface area contributed by atoms with Gasteiger partial charge in [-0.2, -0.15) is 0 Å². The van der Waals surface area contributed by atoms with Crippen LogP contribution in [0.5, 0.6) is 0 Å². The van der Waals surface area contributed by atoms with Crippen LogP contribution in [-0.2, 0) is 20.8 Å². The molecule has 1 aliphatic heterocycles. The van der Waals surface area contributed by atoms with Crippen molar-refractivity contribution in [3.05, 3.63) is 39.6 Å². The Morgan fingerprint density at radius 2 is 1.67 bits per heavy atom. The first-order valence-electron chi connectivity index (χ1n) is 11.6. The Bertz CT molecular complexity index is 1010. The molecule has 5 nitrogen and oxygen atoms in total. The fourth-order valence-corrected chi connectivity index (χ4v) is 6.66. The van der Waals surface area contributed by atoms with Gasteiger partial charge in [0.25, 0.3) is 6.43 Å². The van der Waals surface area contributed by atoms with E-state index in [4.69, 9.17) is 41.9 Å². The molecule has 33 heavy (non-hydrogen) atoms. The molecule has 1 aromatic heterocycles. The Morgan fingerprint density at radius 3 is 2.24 bits per heavy atom. The first-order chi connectivity index (χ1) is 15.9. The molecule has 0 N–H and O–H groups in total. The summed E-state index contributed by atoms with van der Waals surface area (Å²) in [6.45, 7) is 0.997. The second-order valence-electron chi connectivity index (χ2n) is 9.70. The van der Waals surface area contributed by atoms with Gasteiger partial charge >= 0.3 is 0 Å². The third kappa shape index (κ3) is 3.54. The van der Waals surface area contributed by atoms with E-state index in [0.29, 0.717) is 45.8 Å². The third-order valence-electron chi connectivity index (χ3n) is 7.79. The summed E-state index contributed by atoms with van der Waals surface area (Å²) in [4.78, 5) is 0. The molecule has 6 rings (SSSR count). The molecule has 4 fully saturated rings. The minimum atomic E-state index is -2.63. The van der Waals surface area contributed by atoms with E-state index in [1.165, 1.54) is 0 Å². The van der Waals surface area contributed by atoms with Crippen LogP contribution in [0.2, 0.25) is 10.0 Å². The van der Waals surface area contributed by atoms with Gasteiger partial charge < -0.3 is 18.7 Å². The molecule has 4 aliphatic rings. The highest BCUT2D eigenvalue weighted by Gasteiger charge is 2.64. The van der Waals surface area contributed by atoms with Crippen molar-refractivity contribution >= 4 is 23.2 Å². The van der Waals surface area contributed by atoms with E-state index in [1.807, 2.05) is 0 Å². The molecular formula is C24H25Cl2F2NO4. The lowest BCUT2D eigenvalue weighted by molar-refractivity contribution is -0.275. The maximum atomic E-state index is 14.6. The molecule has 3 atom stereocenters. The predicted octanol–water partition coefficient (Wildman–Crippen LogP) is 6.61. The third-order valence-corrected chi connectivity index (χ3v) is 8.42. The van der Waals surface area contributed by atoms with Crippen LogP contribution in [0.3, 0.4) is 0 Å². The molecule has 2 heterocycles. The van der Waals surface area contributed by atoms with Crippen LogP contribution in [0.4, 0.5) is 8.78 Å². The first-order valence-corrected chi connectivity index (χ1v) is 12.3. The minimum absolute atomic E-state index is 0.0370. The van der Waals surface area contributed by atoms with Crippen LogP contribution < -0.4 is 0 Å². The van der Waals surface area contributed by atoms with E-state index in [1.54, 1.807) is 18.2 Å². The molecule has 1 saturated heterocycles. The zero-order chi connectivity index (χ0) is 22.8. The number of alkyl halides is 2. The summed E-state index contributed by atoms with van der Waals surface area (Å²) in [5.41, 5.74) is 0.103. The number of nitrogens with zero attached hydrogens (tertiary/aromatic N) is 1. The molecule has 2 bridgehead atoms. The average molecular weight is 500 g/mol. The lowest BCUT2D eigenvalue weighted by Crippen LogP contribution is -2.56. The highest BCUT2D eigenvalue weighted by molar-refractivity contribution is 6.39. The Balaban J connectivity index is 1.32. The van der Waals surface area contributed by atoms with Crippen molar-refractivity contribution in [3.63, 3.8) is 0 Å². The number of aromatic nitrogens is 1. The van der Waals surface area contributed by atoms with E-state index >= 15 is 0 Å². The maximum absolute atomic E-state index is 14.6.